The van der Waals surface area contributed by atoms with Crippen LogP contribution in [-0.2, 0) is 16.2 Å². The Morgan fingerprint density at radius 1 is 1.15 bits per heavy atom. The number of nitrogens with one attached hydrogen (secondary N) is 2. The molecule has 1 aliphatic carbocycles. The molecule has 206 valence electrons. The van der Waals surface area contributed by atoms with E-state index < -0.39 is 27.9 Å². The summed E-state index contributed by atoms with van der Waals surface area (Å²) in [4.78, 5) is 24.6. The molecule has 5 aromatic rings. The monoisotopic (exact) mass is 606 g/mol. The van der Waals surface area contributed by atoms with Gasteiger partial charge in [0, 0.05) is 27.0 Å². The van der Waals surface area contributed by atoms with Crippen LogP contribution in [-0.4, -0.2) is 39.9 Å². The lowest BCUT2D eigenvalue weighted by molar-refractivity contribution is -0.144. The number of alkyl halides is 3. The molecule has 1 amide bonds. The summed E-state index contributed by atoms with van der Waals surface area (Å²) in [7, 11) is -4.24. The predicted molar refractivity (Wildman–Crippen MR) is 145 cm³/mol. The molecule has 9 nitrogen and oxygen atoms in total. The summed E-state index contributed by atoms with van der Waals surface area (Å²) in [5, 5.41) is 4.07. The Bertz CT molecular complexity index is 1930. The van der Waals surface area contributed by atoms with E-state index in [0.29, 0.717) is 20.7 Å². The number of nitrogens with zero attached hydrogens (tertiary/aromatic N) is 4. The number of amides is 1. The Balaban J connectivity index is 1.35. The van der Waals surface area contributed by atoms with E-state index in [1.54, 1.807) is 25.1 Å². The second-order valence-electron chi connectivity index (χ2n) is 9.24. The summed E-state index contributed by atoms with van der Waals surface area (Å²) in [5.74, 6) is -2.27. The standard InChI is InChI=1S/C25H18ClF3N6O3S2/c1-12-17-10-14(26)5-8-18(17)39-23(12)40(37,38)34-22(36)13-3-2-4-16(9-13)35-11-30-19-20(31-15-6-7-15)32-24(25(27,28)29)33-21(19)35/h2-5,8-11,15H,6-7H2,1H3,(H,34,36)(H,31,32,33). The molecule has 1 fully saturated rings. The zero-order valence-corrected chi connectivity index (χ0v) is 22.8. The van der Waals surface area contributed by atoms with Gasteiger partial charge in [-0.15, -0.1) is 11.3 Å². The van der Waals surface area contributed by atoms with Gasteiger partial charge in [0.2, 0.25) is 5.82 Å². The molecule has 40 heavy (non-hydrogen) atoms. The van der Waals surface area contributed by atoms with Crippen LogP contribution in [0.4, 0.5) is 19.0 Å². The maximum atomic E-state index is 13.6. The van der Waals surface area contributed by atoms with Gasteiger partial charge in [-0.05, 0) is 67.1 Å². The van der Waals surface area contributed by atoms with Crippen LogP contribution >= 0.6 is 22.9 Å². The Morgan fingerprint density at radius 2 is 1.93 bits per heavy atom. The number of carbonyl (C=O) groups is 1. The van der Waals surface area contributed by atoms with Crippen LogP contribution in [0.5, 0.6) is 0 Å². The summed E-state index contributed by atoms with van der Waals surface area (Å²) in [6.07, 6.45) is -1.91. The van der Waals surface area contributed by atoms with Crippen molar-refractivity contribution in [3.05, 3.63) is 70.8 Å². The molecule has 2 N–H and O–H groups in total. The quantitative estimate of drug-likeness (QED) is 0.254. The number of rotatable bonds is 6. The number of carbonyl (C=O) groups excluding carboxylic acids is 1. The lowest BCUT2D eigenvalue weighted by atomic mass is 10.2. The maximum Gasteiger partial charge on any atom is 0.451 e. The van der Waals surface area contributed by atoms with Gasteiger partial charge in [-0.3, -0.25) is 9.36 Å². The summed E-state index contributed by atoms with van der Waals surface area (Å²) in [5.41, 5.74) is 0.695. The molecule has 1 aliphatic rings. The number of benzene rings is 2. The number of hydrogen-bond donors (Lipinski definition) is 2. The van der Waals surface area contributed by atoms with Crippen LogP contribution in [0, 0.1) is 6.92 Å². The molecule has 3 heterocycles. The number of thiophene rings is 1. The first-order chi connectivity index (χ1) is 18.9. The first kappa shape index (κ1) is 26.5. The third-order valence-corrected chi connectivity index (χ3v) is 9.74. The number of halogens is 4. The number of sulfonamides is 1. The van der Waals surface area contributed by atoms with Gasteiger partial charge in [0.05, 0.1) is 0 Å². The van der Waals surface area contributed by atoms with Gasteiger partial charge in [0.15, 0.2) is 17.0 Å². The van der Waals surface area contributed by atoms with Gasteiger partial charge >= 0.3 is 6.18 Å². The van der Waals surface area contributed by atoms with E-state index in [0.717, 1.165) is 24.2 Å². The van der Waals surface area contributed by atoms with Gasteiger partial charge in [0.1, 0.15) is 10.5 Å². The van der Waals surface area contributed by atoms with Crippen LogP contribution in [0.2, 0.25) is 5.02 Å². The van der Waals surface area contributed by atoms with Crippen LogP contribution in [0.25, 0.3) is 26.9 Å². The van der Waals surface area contributed by atoms with Crippen molar-refractivity contribution in [2.24, 2.45) is 0 Å². The topological polar surface area (TPSA) is 119 Å². The highest BCUT2D eigenvalue weighted by Gasteiger charge is 2.37. The molecular formula is C25H18ClF3N6O3S2. The van der Waals surface area contributed by atoms with Gasteiger partial charge in [-0.25, -0.2) is 28.1 Å². The molecule has 1 saturated carbocycles. The number of fused-ring (bicyclic) bond motifs is 2. The maximum absolute atomic E-state index is 13.6. The zero-order valence-electron chi connectivity index (χ0n) is 20.5. The average Bonchev–Trinajstić information content (AvgIpc) is 3.50. The summed E-state index contributed by atoms with van der Waals surface area (Å²) in [6.45, 7) is 1.63. The number of aromatic nitrogens is 4. The average molecular weight is 607 g/mol. The van der Waals surface area contributed by atoms with Crippen molar-refractivity contribution in [2.75, 3.05) is 5.32 Å². The van der Waals surface area contributed by atoms with Gasteiger partial charge in [0.25, 0.3) is 15.9 Å². The zero-order chi connectivity index (χ0) is 28.4. The number of hydrogen-bond acceptors (Lipinski definition) is 8. The Hall–Kier alpha value is -3.75. The third-order valence-electron chi connectivity index (χ3n) is 6.28. The fourth-order valence-electron chi connectivity index (χ4n) is 4.19. The Morgan fingerprint density at radius 3 is 2.65 bits per heavy atom. The van der Waals surface area contributed by atoms with Crippen molar-refractivity contribution >= 4 is 65.9 Å². The minimum atomic E-state index is -4.80. The highest BCUT2D eigenvalue weighted by atomic mass is 35.5. The first-order valence-corrected chi connectivity index (χ1v) is 14.5. The number of imidazole rings is 1. The largest absolute Gasteiger partial charge is 0.451 e. The number of anilines is 1. The Kier molecular flexibility index (Phi) is 6.23. The summed E-state index contributed by atoms with van der Waals surface area (Å²) >= 11 is 7.05. The smallest absolute Gasteiger partial charge is 0.365 e. The second kappa shape index (κ2) is 9.42. The van der Waals surface area contributed by atoms with Crippen LogP contribution in [0.15, 0.2) is 53.0 Å². The van der Waals surface area contributed by atoms with Crippen molar-refractivity contribution in [1.82, 2.24) is 24.2 Å². The lowest BCUT2D eigenvalue weighted by Gasteiger charge is -2.11. The molecule has 0 saturated heterocycles. The fourth-order valence-corrected chi connectivity index (χ4v) is 7.08. The molecule has 0 spiro atoms. The molecule has 0 radical (unpaired) electrons. The minimum absolute atomic E-state index is 0.0138. The van der Waals surface area contributed by atoms with Crippen molar-refractivity contribution < 1.29 is 26.4 Å². The van der Waals surface area contributed by atoms with E-state index in [1.165, 1.54) is 35.2 Å². The minimum Gasteiger partial charge on any atom is -0.365 e. The highest BCUT2D eigenvalue weighted by molar-refractivity contribution is 7.92. The summed E-state index contributed by atoms with van der Waals surface area (Å²) in [6, 6.07) is 10.8. The lowest BCUT2D eigenvalue weighted by Crippen LogP contribution is -2.30. The van der Waals surface area contributed by atoms with Crippen LogP contribution in [0.1, 0.15) is 34.6 Å². The molecule has 0 unspecified atom stereocenters. The molecular weight excluding hydrogens is 589 g/mol. The molecule has 6 rings (SSSR count). The SMILES string of the molecule is Cc1c(S(=O)(=O)NC(=O)c2cccc(-n3cnc4c(NC5CC5)nc(C(F)(F)F)nc43)c2)sc2ccc(Cl)cc12. The van der Waals surface area contributed by atoms with Crippen molar-refractivity contribution in [1.29, 1.82) is 0 Å². The van der Waals surface area contributed by atoms with E-state index in [2.05, 4.69) is 25.0 Å². The molecule has 15 heteroatoms. The first-order valence-electron chi connectivity index (χ1n) is 11.9. The van der Waals surface area contributed by atoms with Crippen LogP contribution < -0.4 is 10.0 Å². The van der Waals surface area contributed by atoms with Gasteiger partial charge in [-0.2, -0.15) is 13.2 Å². The van der Waals surface area contributed by atoms with E-state index in [1.807, 2.05) is 0 Å². The normalized spacial score (nSPS) is 14.1. The van der Waals surface area contributed by atoms with Gasteiger partial charge < -0.3 is 5.32 Å². The Labute approximate surface area is 234 Å². The molecule has 3 aromatic heterocycles. The van der Waals surface area contributed by atoms with Gasteiger partial charge in [-0.1, -0.05) is 17.7 Å². The highest BCUT2D eigenvalue weighted by Crippen LogP contribution is 2.36. The molecule has 0 bridgehead atoms. The summed E-state index contributed by atoms with van der Waals surface area (Å²) < 4.78 is 71.0. The van der Waals surface area contributed by atoms with Crippen molar-refractivity contribution in [3.63, 3.8) is 0 Å². The third kappa shape index (κ3) is 4.86. The molecule has 0 aliphatic heterocycles. The number of aryl methyl sites for hydroxylation is 1. The fraction of sp³-hybridized carbons (Fsp3) is 0.200. The van der Waals surface area contributed by atoms with Crippen LogP contribution in [0.3, 0.4) is 0 Å². The second-order valence-corrected chi connectivity index (χ2v) is 12.6. The van der Waals surface area contributed by atoms with E-state index in [-0.39, 0.29) is 38.5 Å². The van der Waals surface area contributed by atoms with E-state index in [9.17, 15) is 26.4 Å². The molecule has 2 aromatic carbocycles. The van der Waals surface area contributed by atoms with E-state index >= 15 is 0 Å². The van der Waals surface area contributed by atoms with E-state index in [4.69, 9.17) is 11.6 Å². The predicted octanol–water partition coefficient (Wildman–Crippen LogP) is 5.70. The van der Waals surface area contributed by atoms with Crippen molar-refractivity contribution in [2.45, 2.75) is 36.2 Å². The molecule has 0 atom stereocenters. The van der Waals surface area contributed by atoms with Crippen molar-refractivity contribution in [3.8, 4) is 5.69 Å².